The molecule has 2 aromatic rings. The van der Waals surface area contributed by atoms with E-state index >= 15 is 0 Å². The zero-order valence-corrected chi connectivity index (χ0v) is 12.3. The summed E-state index contributed by atoms with van der Waals surface area (Å²) in [6.45, 7) is 6.20. The summed E-state index contributed by atoms with van der Waals surface area (Å²) in [5.41, 5.74) is 8.72. The summed E-state index contributed by atoms with van der Waals surface area (Å²) in [5, 5.41) is 0.767. The third kappa shape index (κ3) is 2.81. The van der Waals surface area contributed by atoms with Gasteiger partial charge >= 0.3 is 0 Å². The highest BCUT2D eigenvalue weighted by Crippen LogP contribution is 2.30. The summed E-state index contributed by atoms with van der Waals surface area (Å²) in [6.07, 6.45) is 0. The molecule has 0 aliphatic carbocycles. The second kappa shape index (κ2) is 5.74. The van der Waals surface area contributed by atoms with Gasteiger partial charge < -0.3 is 0 Å². The fraction of sp³-hybridized carbons (Fsp3) is 0.250. The lowest BCUT2D eigenvalue weighted by Crippen LogP contribution is -2.30. The number of aryl methyl sites for hydroxylation is 2. The molecule has 0 bridgehead atoms. The van der Waals surface area contributed by atoms with E-state index in [1.807, 2.05) is 19.1 Å². The first-order chi connectivity index (χ1) is 9.04. The monoisotopic (exact) mass is 274 g/mol. The highest BCUT2D eigenvalue weighted by molar-refractivity contribution is 6.31. The predicted octanol–water partition coefficient (Wildman–Crippen LogP) is 3.82. The number of hydrazine groups is 1. The van der Waals surface area contributed by atoms with Crippen molar-refractivity contribution in [1.82, 2.24) is 5.43 Å². The first kappa shape index (κ1) is 14.1. The SMILES string of the molecule is Cc1ccc(C)c(C(NN)c2cccc(Cl)c2C)c1. The Balaban J connectivity index is 2.56. The van der Waals surface area contributed by atoms with Crippen LogP contribution < -0.4 is 11.3 Å². The molecule has 3 N–H and O–H groups in total. The molecule has 3 heteroatoms. The molecular formula is C16H19ClN2. The topological polar surface area (TPSA) is 38.0 Å². The predicted molar refractivity (Wildman–Crippen MR) is 81.3 cm³/mol. The fourth-order valence-corrected chi connectivity index (χ4v) is 2.54. The van der Waals surface area contributed by atoms with Crippen LogP contribution in [-0.4, -0.2) is 0 Å². The molecule has 0 aliphatic rings. The van der Waals surface area contributed by atoms with Crippen molar-refractivity contribution in [2.75, 3.05) is 0 Å². The van der Waals surface area contributed by atoms with Crippen LogP contribution >= 0.6 is 11.6 Å². The average molecular weight is 275 g/mol. The lowest BCUT2D eigenvalue weighted by atomic mass is 9.91. The Bertz CT molecular complexity index is 591. The van der Waals surface area contributed by atoms with Gasteiger partial charge in [-0.15, -0.1) is 0 Å². The summed E-state index contributed by atoms with van der Waals surface area (Å²) >= 11 is 6.20. The Morgan fingerprint density at radius 1 is 1.05 bits per heavy atom. The van der Waals surface area contributed by atoms with Crippen molar-refractivity contribution in [3.63, 3.8) is 0 Å². The van der Waals surface area contributed by atoms with E-state index in [0.29, 0.717) is 0 Å². The molecular weight excluding hydrogens is 256 g/mol. The summed E-state index contributed by atoms with van der Waals surface area (Å²) in [6, 6.07) is 12.3. The van der Waals surface area contributed by atoms with Gasteiger partial charge in [0.15, 0.2) is 0 Å². The molecule has 1 atom stereocenters. The Morgan fingerprint density at radius 2 is 1.79 bits per heavy atom. The van der Waals surface area contributed by atoms with E-state index < -0.39 is 0 Å². The van der Waals surface area contributed by atoms with E-state index in [-0.39, 0.29) is 6.04 Å². The van der Waals surface area contributed by atoms with Crippen LogP contribution in [0.15, 0.2) is 36.4 Å². The third-order valence-corrected chi connectivity index (χ3v) is 3.94. The Labute approximate surface area is 119 Å². The summed E-state index contributed by atoms with van der Waals surface area (Å²) in [4.78, 5) is 0. The number of nitrogens with one attached hydrogen (secondary N) is 1. The van der Waals surface area contributed by atoms with Crippen molar-refractivity contribution in [1.29, 1.82) is 0 Å². The van der Waals surface area contributed by atoms with Crippen molar-refractivity contribution >= 4 is 11.6 Å². The maximum absolute atomic E-state index is 6.20. The van der Waals surface area contributed by atoms with E-state index in [0.717, 1.165) is 16.1 Å². The smallest absolute Gasteiger partial charge is 0.0715 e. The van der Waals surface area contributed by atoms with Gasteiger partial charge in [-0.1, -0.05) is 47.5 Å². The van der Waals surface area contributed by atoms with Gasteiger partial charge in [0, 0.05) is 5.02 Å². The molecule has 0 aliphatic heterocycles. The number of nitrogens with two attached hydrogens (primary N) is 1. The van der Waals surface area contributed by atoms with Crippen molar-refractivity contribution in [3.05, 3.63) is 69.2 Å². The van der Waals surface area contributed by atoms with E-state index in [1.54, 1.807) is 0 Å². The van der Waals surface area contributed by atoms with E-state index in [1.165, 1.54) is 16.7 Å². The first-order valence-electron chi connectivity index (χ1n) is 6.33. The molecule has 19 heavy (non-hydrogen) atoms. The van der Waals surface area contributed by atoms with Crippen LogP contribution in [-0.2, 0) is 0 Å². The summed E-state index contributed by atoms with van der Waals surface area (Å²) in [7, 11) is 0. The largest absolute Gasteiger partial charge is 0.271 e. The van der Waals surface area contributed by atoms with Crippen molar-refractivity contribution in [2.45, 2.75) is 26.8 Å². The van der Waals surface area contributed by atoms with Crippen LogP contribution in [0.5, 0.6) is 0 Å². The standard InChI is InChI=1S/C16H19ClN2/c1-10-7-8-11(2)14(9-10)16(19-18)13-5-4-6-15(17)12(13)3/h4-9,16,19H,18H2,1-3H3. The normalized spacial score (nSPS) is 12.5. The molecule has 2 rings (SSSR count). The van der Waals surface area contributed by atoms with Gasteiger partial charge in [0.25, 0.3) is 0 Å². The van der Waals surface area contributed by atoms with Crippen molar-refractivity contribution in [2.24, 2.45) is 5.84 Å². The lowest BCUT2D eigenvalue weighted by Gasteiger charge is -2.22. The minimum absolute atomic E-state index is 0.0430. The average Bonchev–Trinajstić information content (AvgIpc) is 2.39. The van der Waals surface area contributed by atoms with Gasteiger partial charge in [-0.25, -0.2) is 5.43 Å². The minimum atomic E-state index is -0.0430. The second-order valence-corrected chi connectivity index (χ2v) is 5.32. The Morgan fingerprint density at radius 3 is 2.47 bits per heavy atom. The molecule has 2 aromatic carbocycles. The van der Waals surface area contributed by atoms with Crippen molar-refractivity contribution in [3.8, 4) is 0 Å². The van der Waals surface area contributed by atoms with Gasteiger partial charge in [0.1, 0.15) is 0 Å². The minimum Gasteiger partial charge on any atom is -0.271 e. The molecule has 100 valence electrons. The number of hydrogen-bond donors (Lipinski definition) is 2. The first-order valence-corrected chi connectivity index (χ1v) is 6.70. The second-order valence-electron chi connectivity index (χ2n) is 4.91. The van der Waals surface area contributed by atoms with Crippen LogP contribution in [0.3, 0.4) is 0 Å². The maximum atomic E-state index is 6.20. The third-order valence-electron chi connectivity index (χ3n) is 3.53. The Hall–Kier alpha value is -1.35. The van der Waals surface area contributed by atoms with Crippen LogP contribution in [0.25, 0.3) is 0 Å². The van der Waals surface area contributed by atoms with Gasteiger partial charge in [0.2, 0.25) is 0 Å². The summed E-state index contributed by atoms with van der Waals surface area (Å²) < 4.78 is 0. The van der Waals surface area contributed by atoms with Crippen LogP contribution in [0.1, 0.15) is 33.9 Å². The molecule has 0 aromatic heterocycles. The highest BCUT2D eigenvalue weighted by Gasteiger charge is 2.17. The quantitative estimate of drug-likeness (QED) is 0.660. The van der Waals surface area contributed by atoms with E-state index in [9.17, 15) is 0 Å². The highest BCUT2D eigenvalue weighted by atomic mass is 35.5. The van der Waals surface area contributed by atoms with Gasteiger partial charge in [-0.2, -0.15) is 0 Å². The van der Waals surface area contributed by atoms with Crippen LogP contribution in [0.2, 0.25) is 5.02 Å². The molecule has 1 unspecified atom stereocenters. The number of rotatable bonds is 3. The fourth-order valence-electron chi connectivity index (χ4n) is 2.35. The van der Waals surface area contributed by atoms with E-state index in [4.69, 9.17) is 17.4 Å². The molecule has 0 amide bonds. The molecule has 0 heterocycles. The van der Waals surface area contributed by atoms with Crippen LogP contribution in [0.4, 0.5) is 0 Å². The lowest BCUT2D eigenvalue weighted by molar-refractivity contribution is 0.630. The van der Waals surface area contributed by atoms with Gasteiger partial charge in [-0.05, 0) is 49.1 Å². The molecule has 0 saturated carbocycles. The molecule has 0 fully saturated rings. The Kier molecular flexibility index (Phi) is 4.25. The zero-order valence-electron chi connectivity index (χ0n) is 11.5. The van der Waals surface area contributed by atoms with E-state index in [2.05, 4.69) is 43.5 Å². The molecule has 2 nitrogen and oxygen atoms in total. The number of halogens is 1. The zero-order chi connectivity index (χ0) is 14.0. The molecule has 0 spiro atoms. The van der Waals surface area contributed by atoms with Gasteiger partial charge in [-0.3, -0.25) is 5.84 Å². The number of hydrogen-bond acceptors (Lipinski definition) is 2. The summed E-state index contributed by atoms with van der Waals surface area (Å²) in [5.74, 6) is 5.78. The number of benzene rings is 2. The molecule has 0 radical (unpaired) electrons. The maximum Gasteiger partial charge on any atom is 0.0715 e. The van der Waals surface area contributed by atoms with Crippen molar-refractivity contribution < 1.29 is 0 Å². The van der Waals surface area contributed by atoms with Crippen LogP contribution in [0, 0.1) is 20.8 Å². The molecule has 0 saturated heterocycles. The van der Waals surface area contributed by atoms with Gasteiger partial charge in [0.05, 0.1) is 6.04 Å².